The topological polar surface area (TPSA) is 108 Å². The van der Waals surface area contributed by atoms with Gasteiger partial charge in [0.1, 0.15) is 0 Å². The number of nitrogens with zero attached hydrogens (tertiary/aromatic N) is 6. The molecule has 1 aliphatic heterocycles. The van der Waals surface area contributed by atoms with Gasteiger partial charge in [0.05, 0.1) is 31.0 Å². The number of nitrogens with two attached hydrogens (primary N) is 1. The quantitative estimate of drug-likeness (QED) is 0.722. The van der Waals surface area contributed by atoms with Gasteiger partial charge < -0.3 is 15.0 Å². The maximum atomic E-state index is 5.72. The lowest BCUT2D eigenvalue weighted by Crippen LogP contribution is -2.39. The van der Waals surface area contributed by atoms with E-state index in [4.69, 9.17) is 15.0 Å². The highest BCUT2D eigenvalue weighted by Gasteiger charge is 2.29. The SMILES string of the molecule is Cl.Cn1cc(-c2nc(C3COCCN3Cc3cnc(N)s3)no2)cn1. The first-order valence-electron chi connectivity index (χ1n) is 7.53. The standard InChI is InChI=1S/C14H17N7O2S.ClH/c1-20-6-9(4-17-20)13-18-12(19-23-13)11-8-22-3-2-21(11)7-10-5-16-14(15)24-10;/h4-6,11H,2-3,7-8H2,1H3,(H2,15,16);1H. The summed E-state index contributed by atoms with van der Waals surface area (Å²) in [7, 11) is 1.85. The zero-order valence-corrected chi connectivity index (χ0v) is 15.2. The van der Waals surface area contributed by atoms with Crippen molar-refractivity contribution in [2.45, 2.75) is 12.6 Å². The van der Waals surface area contributed by atoms with Crippen molar-refractivity contribution in [1.82, 2.24) is 29.8 Å². The average molecular weight is 384 g/mol. The van der Waals surface area contributed by atoms with E-state index >= 15 is 0 Å². The van der Waals surface area contributed by atoms with Crippen molar-refractivity contribution in [2.24, 2.45) is 7.05 Å². The fraction of sp³-hybridized carbons (Fsp3) is 0.429. The van der Waals surface area contributed by atoms with Crippen molar-refractivity contribution >= 4 is 28.9 Å². The number of nitrogen functional groups attached to an aromatic ring is 1. The molecule has 1 unspecified atom stereocenters. The number of thiazole rings is 1. The molecular weight excluding hydrogens is 366 g/mol. The summed E-state index contributed by atoms with van der Waals surface area (Å²) in [5.74, 6) is 1.08. The highest BCUT2D eigenvalue weighted by molar-refractivity contribution is 7.15. The third-order valence-electron chi connectivity index (χ3n) is 3.86. The number of rotatable bonds is 4. The maximum Gasteiger partial charge on any atom is 0.261 e. The summed E-state index contributed by atoms with van der Waals surface area (Å²) >= 11 is 1.49. The lowest BCUT2D eigenvalue weighted by molar-refractivity contribution is -0.0162. The van der Waals surface area contributed by atoms with Crippen molar-refractivity contribution in [3.8, 4) is 11.5 Å². The van der Waals surface area contributed by atoms with Crippen LogP contribution in [-0.2, 0) is 18.3 Å². The first kappa shape index (κ1) is 17.8. The molecule has 4 heterocycles. The predicted octanol–water partition coefficient (Wildman–Crippen LogP) is 1.50. The summed E-state index contributed by atoms with van der Waals surface area (Å²) in [6.45, 7) is 2.73. The zero-order chi connectivity index (χ0) is 16.5. The van der Waals surface area contributed by atoms with E-state index < -0.39 is 0 Å². The van der Waals surface area contributed by atoms with Crippen LogP contribution in [0.25, 0.3) is 11.5 Å². The minimum Gasteiger partial charge on any atom is -0.378 e. The Labute approximate surface area is 154 Å². The van der Waals surface area contributed by atoms with Gasteiger partial charge in [-0.1, -0.05) is 5.16 Å². The van der Waals surface area contributed by atoms with Crippen LogP contribution in [0, 0.1) is 0 Å². The average Bonchev–Trinajstić information content (AvgIpc) is 3.29. The van der Waals surface area contributed by atoms with Gasteiger partial charge in [-0.05, 0) is 0 Å². The molecular formula is C14H18ClN7O2S. The highest BCUT2D eigenvalue weighted by Crippen LogP contribution is 2.27. The second-order valence-electron chi connectivity index (χ2n) is 5.59. The second-order valence-corrected chi connectivity index (χ2v) is 6.73. The largest absolute Gasteiger partial charge is 0.378 e. The Morgan fingerprint density at radius 3 is 3.00 bits per heavy atom. The molecule has 11 heteroatoms. The molecule has 0 saturated carbocycles. The van der Waals surface area contributed by atoms with Gasteiger partial charge in [0.25, 0.3) is 5.89 Å². The third-order valence-corrected chi connectivity index (χ3v) is 4.67. The van der Waals surface area contributed by atoms with Crippen LogP contribution in [0.4, 0.5) is 5.13 Å². The molecule has 2 N–H and O–H groups in total. The van der Waals surface area contributed by atoms with Crippen LogP contribution in [0.1, 0.15) is 16.7 Å². The molecule has 1 saturated heterocycles. The van der Waals surface area contributed by atoms with E-state index in [9.17, 15) is 0 Å². The summed E-state index contributed by atoms with van der Waals surface area (Å²) in [5, 5.41) is 8.84. The molecule has 9 nitrogen and oxygen atoms in total. The van der Waals surface area contributed by atoms with Crippen LogP contribution in [0.5, 0.6) is 0 Å². The Bertz CT molecular complexity index is 833. The van der Waals surface area contributed by atoms with Gasteiger partial charge in [-0.25, -0.2) is 4.98 Å². The molecule has 0 bridgehead atoms. The van der Waals surface area contributed by atoms with Crippen LogP contribution >= 0.6 is 23.7 Å². The van der Waals surface area contributed by atoms with Gasteiger partial charge in [0.2, 0.25) is 0 Å². The van der Waals surface area contributed by atoms with Crippen molar-refractivity contribution in [1.29, 1.82) is 0 Å². The molecule has 0 radical (unpaired) electrons. The Kier molecular flexibility index (Phi) is 5.33. The number of hydrogen-bond donors (Lipinski definition) is 1. The number of ether oxygens (including phenoxy) is 1. The van der Waals surface area contributed by atoms with E-state index in [0.29, 0.717) is 30.1 Å². The van der Waals surface area contributed by atoms with E-state index in [0.717, 1.165) is 23.5 Å². The fourth-order valence-electron chi connectivity index (χ4n) is 2.68. The molecule has 1 aliphatic rings. The lowest BCUT2D eigenvalue weighted by atomic mass is 10.2. The normalized spacial score (nSPS) is 18.2. The van der Waals surface area contributed by atoms with Crippen LogP contribution in [0.15, 0.2) is 23.1 Å². The number of aryl methyl sites for hydroxylation is 1. The molecule has 25 heavy (non-hydrogen) atoms. The van der Waals surface area contributed by atoms with Gasteiger partial charge in [-0.2, -0.15) is 10.1 Å². The summed E-state index contributed by atoms with van der Waals surface area (Å²) < 4.78 is 12.7. The van der Waals surface area contributed by atoms with Gasteiger partial charge in [-0.3, -0.25) is 9.58 Å². The molecule has 0 aliphatic carbocycles. The predicted molar refractivity (Wildman–Crippen MR) is 94.2 cm³/mol. The smallest absolute Gasteiger partial charge is 0.261 e. The molecule has 1 fully saturated rings. The molecule has 134 valence electrons. The van der Waals surface area contributed by atoms with Crippen LogP contribution in [0.3, 0.4) is 0 Å². The monoisotopic (exact) mass is 383 g/mol. The molecule has 0 aromatic carbocycles. The Hall–Kier alpha value is -2.01. The van der Waals surface area contributed by atoms with Crippen molar-refractivity contribution in [3.05, 3.63) is 29.3 Å². The summed E-state index contributed by atoms with van der Waals surface area (Å²) in [5.41, 5.74) is 6.52. The molecule has 3 aromatic rings. The van der Waals surface area contributed by atoms with Crippen LogP contribution < -0.4 is 5.73 Å². The number of halogens is 1. The number of morpholine rings is 1. The Morgan fingerprint density at radius 1 is 1.40 bits per heavy atom. The first-order chi connectivity index (χ1) is 11.7. The van der Waals surface area contributed by atoms with Gasteiger partial charge >= 0.3 is 0 Å². The molecule has 0 amide bonds. The zero-order valence-electron chi connectivity index (χ0n) is 13.5. The maximum absolute atomic E-state index is 5.72. The van der Waals surface area contributed by atoms with E-state index in [-0.39, 0.29) is 18.4 Å². The highest BCUT2D eigenvalue weighted by atomic mass is 35.5. The molecule has 0 spiro atoms. The molecule has 4 rings (SSSR count). The minimum absolute atomic E-state index is 0. The van der Waals surface area contributed by atoms with E-state index in [1.807, 2.05) is 19.4 Å². The summed E-state index contributed by atoms with van der Waals surface area (Å²) in [6, 6.07) is -0.0590. The number of hydrogen-bond acceptors (Lipinski definition) is 9. The van der Waals surface area contributed by atoms with Gasteiger partial charge in [0.15, 0.2) is 11.0 Å². The molecule has 1 atom stereocenters. The van der Waals surface area contributed by atoms with E-state index in [2.05, 4.69) is 25.1 Å². The summed E-state index contributed by atoms with van der Waals surface area (Å²) in [4.78, 5) is 12.0. The van der Waals surface area contributed by atoms with Crippen molar-refractivity contribution in [2.75, 3.05) is 25.5 Å². The van der Waals surface area contributed by atoms with E-state index in [1.54, 1.807) is 10.9 Å². The lowest BCUT2D eigenvalue weighted by Gasteiger charge is -2.33. The van der Waals surface area contributed by atoms with Crippen LogP contribution in [-0.4, -0.2) is 49.6 Å². The van der Waals surface area contributed by atoms with Crippen molar-refractivity contribution in [3.63, 3.8) is 0 Å². The van der Waals surface area contributed by atoms with Gasteiger partial charge in [0, 0.05) is 37.4 Å². The first-order valence-corrected chi connectivity index (χ1v) is 8.35. The molecule has 3 aromatic heterocycles. The van der Waals surface area contributed by atoms with Gasteiger partial charge in [-0.15, -0.1) is 23.7 Å². The van der Waals surface area contributed by atoms with Crippen molar-refractivity contribution < 1.29 is 9.26 Å². The second kappa shape index (κ2) is 7.48. The number of aromatic nitrogens is 5. The number of anilines is 1. The fourth-order valence-corrected chi connectivity index (χ4v) is 3.39. The summed E-state index contributed by atoms with van der Waals surface area (Å²) in [6.07, 6.45) is 5.35. The Morgan fingerprint density at radius 2 is 2.28 bits per heavy atom. The van der Waals surface area contributed by atoms with E-state index in [1.165, 1.54) is 11.3 Å². The Balaban J connectivity index is 0.00000182. The van der Waals surface area contributed by atoms with Crippen LogP contribution in [0.2, 0.25) is 0 Å². The minimum atomic E-state index is -0.0590. The third kappa shape index (κ3) is 3.82.